The highest BCUT2D eigenvalue weighted by Crippen LogP contribution is 2.22. The Kier molecular flexibility index (Phi) is 4.23. The maximum atomic E-state index is 12.6. The summed E-state index contributed by atoms with van der Waals surface area (Å²) < 4.78 is 26.4. The lowest BCUT2D eigenvalue weighted by Gasteiger charge is -2.16. The molecule has 0 aliphatic carbocycles. The molecule has 0 radical (unpaired) electrons. The van der Waals surface area contributed by atoms with Gasteiger partial charge in [0.1, 0.15) is 4.90 Å². The maximum Gasteiger partial charge on any atom is 0.246 e. The molecule has 0 aliphatic rings. The van der Waals surface area contributed by atoms with E-state index < -0.39 is 10.0 Å². The fourth-order valence-corrected chi connectivity index (χ4v) is 3.98. The molecule has 0 saturated heterocycles. The van der Waals surface area contributed by atoms with Gasteiger partial charge >= 0.3 is 0 Å². The van der Waals surface area contributed by atoms with Crippen LogP contribution in [0.15, 0.2) is 10.3 Å². The fraction of sp³-hybridized carbons (Fsp3) is 0.455. The number of hydrogen-bond acceptors (Lipinski definition) is 6. The predicted molar refractivity (Wildman–Crippen MR) is 76.7 cm³/mol. The second kappa shape index (κ2) is 5.60. The lowest BCUT2D eigenvalue weighted by Crippen LogP contribution is -2.28. The van der Waals surface area contributed by atoms with Crippen LogP contribution in [0.1, 0.15) is 22.1 Å². The van der Waals surface area contributed by atoms with Crippen LogP contribution in [0, 0.1) is 13.8 Å². The molecule has 20 heavy (non-hydrogen) atoms. The van der Waals surface area contributed by atoms with Crippen LogP contribution in [-0.4, -0.2) is 35.0 Å². The van der Waals surface area contributed by atoms with E-state index in [1.807, 2.05) is 12.3 Å². The third kappa shape index (κ3) is 2.75. The molecule has 0 saturated carbocycles. The van der Waals surface area contributed by atoms with E-state index in [2.05, 4.69) is 15.2 Å². The van der Waals surface area contributed by atoms with Crippen LogP contribution in [0.25, 0.3) is 0 Å². The first-order chi connectivity index (χ1) is 9.36. The Bertz CT molecular complexity index is 704. The molecule has 2 aromatic heterocycles. The molecule has 0 fully saturated rings. The number of rotatable bonds is 5. The molecule has 2 aromatic rings. The minimum absolute atomic E-state index is 0.0720. The van der Waals surface area contributed by atoms with Crippen molar-refractivity contribution >= 4 is 21.4 Å². The van der Waals surface area contributed by atoms with Crippen molar-refractivity contribution in [2.24, 2.45) is 5.73 Å². The van der Waals surface area contributed by atoms with Crippen molar-refractivity contribution in [3.63, 3.8) is 0 Å². The van der Waals surface area contributed by atoms with Gasteiger partial charge < -0.3 is 5.73 Å². The monoisotopic (exact) mass is 315 g/mol. The van der Waals surface area contributed by atoms with Gasteiger partial charge in [0, 0.05) is 19.0 Å². The standard InChI is InChI=1S/C11H17N5O2S2/c1-7-11(10(4-12)15-14-7)20(17,18)16(3)5-9-6-19-8(2)13-9/h6H,4-5,12H2,1-3H3,(H,14,15). The highest BCUT2D eigenvalue weighted by atomic mass is 32.2. The van der Waals surface area contributed by atoms with E-state index >= 15 is 0 Å². The smallest absolute Gasteiger partial charge is 0.246 e. The molecular formula is C11H17N5O2S2. The van der Waals surface area contributed by atoms with Gasteiger partial charge in [-0.1, -0.05) is 0 Å². The molecular weight excluding hydrogens is 298 g/mol. The van der Waals surface area contributed by atoms with Gasteiger partial charge in [0.25, 0.3) is 0 Å². The zero-order valence-corrected chi connectivity index (χ0v) is 13.2. The third-order valence-corrected chi connectivity index (χ3v) is 5.70. The molecule has 7 nitrogen and oxygen atoms in total. The number of aryl methyl sites for hydroxylation is 2. The van der Waals surface area contributed by atoms with E-state index in [1.54, 1.807) is 6.92 Å². The number of nitrogens with zero attached hydrogens (tertiary/aromatic N) is 3. The van der Waals surface area contributed by atoms with Crippen LogP contribution in [0.5, 0.6) is 0 Å². The first-order valence-electron chi connectivity index (χ1n) is 5.97. The van der Waals surface area contributed by atoms with E-state index in [0.29, 0.717) is 11.4 Å². The second-order valence-corrected chi connectivity index (χ2v) is 7.49. The topological polar surface area (TPSA) is 105 Å². The van der Waals surface area contributed by atoms with Crippen molar-refractivity contribution in [2.75, 3.05) is 7.05 Å². The normalized spacial score (nSPS) is 12.2. The van der Waals surface area contributed by atoms with Crippen LogP contribution in [0.4, 0.5) is 0 Å². The molecule has 0 bridgehead atoms. The van der Waals surface area contributed by atoms with Crippen LogP contribution < -0.4 is 5.73 Å². The van der Waals surface area contributed by atoms with Crippen molar-refractivity contribution in [1.82, 2.24) is 19.5 Å². The SMILES string of the molecule is Cc1nc(CN(C)S(=O)(=O)c2c(CN)n[nH]c2C)cs1. The second-order valence-electron chi connectivity index (χ2n) is 4.45. The van der Waals surface area contributed by atoms with Gasteiger partial charge in [0.05, 0.1) is 28.6 Å². The molecule has 0 spiro atoms. The Morgan fingerprint density at radius 2 is 2.15 bits per heavy atom. The van der Waals surface area contributed by atoms with E-state index in [9.17, 15) is 8.42 Å². The van der Waals surface area contributed by atoms with Gasteiger partial charge in [-0.05, 0) is 13.8 Å². The summed E-state index contributed by atoms with van der Waals surface area (Å²) >= 11 is 1.49. The highest BCUT2D eigenvalue weighted by Gasteiger charge is 2.28. The third-order valence-electron chi connectivity index (χ3n) is 2.87. The van der Waals surface area contributed by atoms with Crippen molar-refractivity contribution < 1.29 is 8.42 Å². The Morgan fingerprint density at radius 1 is 1.45 bits per heavy atom. The molecule has 2 rings (SSSR count). The van der Waals surface area contributed by atoms with Gasteiger partial charge in [-0.2, -0.15) is 9.40 Å². The van der Waals surface area contributed by atoms with Crippen LogP contribution in [0.3, 0.4) is 0 Å². The number of nitrogens with one attached hydrogen (secondary N) is 1. The van der Waals surface area contributed by atoms with Gasteiger partial charge in [-0.3, -0.25) is 5.10 Å². The fourth-order valence-electron chi connectivity index (χ4n) is 1.90. The predicted octanol–water partition coefficient (Wildman–Crippen LogP) is 0.762. The molecule has 0 atom stereocenters. The molecule has 9 heteroatoms. The Hall–Kier alpha value is -1.29. The van der Waals surface area contributed by atoms with Gasteiger partial charge in [0.15, 0.2) is 0 Å². The van der Waals surface area contributed by atoms with Crippen molar-refractivity contribution in [3.05, 3.63) is 27.5 Å². The molecule has 0 aliphatic heterocycles. The van der Waals surface area contributed by atoms with E-state index in [0.717, 1.165) is 10.7 Å². The average molecular weight is 315 g/mol. The number of aromatic nitrogens is 3. The van der Waals surface area contributed by atoms with E-state index in [4.69, 9.17) is 5.73 Å². The Labute approximate surface area is 121 Å². The van der Waals surface area contributed by atoms with Gasteiger partial charge in [-0.15, -0.1) is 11.3 Å². The largest absolute Gasteiger partial charge is 0.325 e. The molecule has 0 unspecified atom stereocenters. The lowest BCUT2D eigenvalue weighted by atomic mass is 10.4. The Morgan fingerprint density at radius 3 is 2.70 bits per heavy atom. The van der Waals surface area contributed by atoms with E-state index in [-0.39, 0.29) is 18.0 Å². The van der Waals surface area contributed by atoms with Gasteiger partial charge in [0.2, 0.25) is 10.0 Å². The van der Waals surface area contributed by atoms with Crippen molar-refractivity contribution in [3.8, 4) is 0 Å². The lowest BCUT2D eigenvalue weighted by molar-refractivity contribution is 0.461. The summed E-state index contributed by atoms with van der Waals surface area (Å²) in [4.78, 5) is 4.44. The number of nitrogens with two attached hydrogens (primary N) is 1. The summed E-state index contributed by atoms with van der Waals surface area (Å²) in [5.74, 6) is 0. The summed E-state index contributed by atoms with van der Waals surface area (Å²) in [7, 11) is -2.11. The number of sulfonamides is 1. The zero-order valence-electron chi connectivity index (χ0n) is 11.5. The van der Waals surface area contributed by atoms with Crippen molar-refractivity contribution in [1.29, 1.82) is 0 Å². The Balaban J connectivity index is 2.32. The van der Waals surface area contributed by atoms with Gasteiger partial charge in [-0.25, -0.2) is 13.4 Å². The number of hydrogen-bond donors (Lipinski definition) is 2. The first kappa shape index (κ1) is 15.1. The summed E-state index contributed by atoms with van der Waals surface area (Å²) in [6.45, 7) is 3.85. The number of thiazole rings is 1. The van der Waals surface area contributed by atoms with Crippen LogP contribution >= 0.6 is 11.3 Å². The quantitative estimate of drug-likeness (QED) is 0.847. The molecule has 0 amide bonds. The minimum atomic E-state index is -3.63. The molecule has 110 valence electrons. The maximum absolute atomic E-state index is 12.6. The molecule has 2 heterocycles. The molecule has 0 aromatic carbocycles. The minimum Gasteiger partial charge on any atom is -0.325 e. The number of H-pyrrole nitrogens is 1. The first-order valence-corrected chi connectivity index (χ1v) is 8.29. The van der Waals surface area contributed by atoms with E-state index in [1.165, 1.54) is 22.7 Å². The summed E-state index contributed by atoms with van der Waals surface area (Å²) in [6.07, 6.45) is 0. The van der Waals surface area contributed by atoms with Crippen LogP contribution in [-0.2, 0) is 23.1 Å². The summed E-state index contributed by atoms with van der Waals surface area (Å²) in [6, 6.07) is 0. The summed E-state index contributed by atoms with van der Waals surface area (Å²) in [5.41, 5.74) is 7.11. The highest BCUT2D eigenvalue weighted by molar-refractivity contribution is 7.89. The average Bonchev–Trinajstić information content (AvgIpc) is 2.95. The summed E-state index contributed by atoms with van der Waals surface area (Å²) in [5, 5.41) is 9.36. The van der Waals surface area contributed by atoms with Crippen LogP contribution in [0.2, 0.25) is 0 Å². The zero-order chi connectivity index (χ0) is 14.9. The number of aromatic amines is 1. The van der Waals surface area contributed by atoms with Crippen molar-refractivity contribution in [2.45, 2.75) is 31.8 Å². The molecule has 3 N–H and O–H groups in total.